The average Bonchev–Trinajstić information content (AvgIpc) is 3.03. The molecule has 26 heavy (non-hydrogen) atoms. The zero-order valence-electron chi connectivity index (χ0n) is 15.7. The number of furan rings is 1. The van der Waals surface area contributed by atoms with Crippen LogP contribution in [0.3, 0.4) is 0 Å². The Hall–Kier alpha value is -2.89. The van der Waals surface area contributed by atoms with E-state index in [1.165, 1.54) is 6.07 Å². The maximum absolute atomic E-state index is 14.4. The minimum atomic E-state index is -0.594. The SMILES string of the molecule is CC.CCOC(=O)c1oc2ccncc2c1N(C)c1ccc(C)cc1F. The number of halogens is 1. The lowest BCUT2D eigenvalue weighted by Gasteiger charge is -2.20. The zero-order valence-corrected chi connectivity index (χ0v) is 15.7. The summed E-state index contributed by atoms with van der Waals surface area (Å²) in [5.74, 6) is -0.948. The second-order valence-corrected chi connectivity index (χ2v) is 5.39. The minimum Gasteiger partial charge on any atom is -0.460 e. The van der Waals surface area contributed by atoms with Crippen LogP contribution < -0.4 is 4.90 Å². The third-order valence-corrected chi connectivity index (χ3v) is 3.72. The van der Waals surface area contributed by atoms with Crippen LogP contribution in [0.1, 0.15) is 36.9 Å². The summed E-state index contributed by atoms with van der Waals surface area (Å²) in [5, 5.41) is 0.614. The fraction of sp³-hybridized carbons (Fsp3) is 0.300. The van der Waals surface area contributed by atoms with Gasteiger partial charge in [-0.25, -0.2) is 9.18 Å². The van der Waals surface area contributed by atoms with E-state index in [0.717, 1.165) is 5.56 Å². The summed E-state index contributed by atoms with van der Waals surface area (Å²) in [4.78, 5) is 17.9. The lowest BCUT2D eigenvalue weighted by atomic mass is 10.1. The van der Waals surface area contributed by atoms with Gasteiger partial charge in [-0.3, -0.25) is 4.98 Å². The van der Waals surface area contributed by atoms with E-state index in [-0.39, 0.29) is 18.2 Å². The first-order valence-electron chi connectivity index (χ1n) is 8.56. The van der Waals surface area contributed by atoms with E-state index in [2.05, 4.69) is 4.98 Å². The Kier molecular flexibility index (Phi) is 6.33. The highest BCUT2D eigenvalue weighted by atomic mass is 19.1. The first kappa shape index (κ1) is 19.4. The molecule has 138 valence electrons. The van der Waals surface area contributed by atoms with Gasteiger partial charge in [0.05, 0.1) is 17.7 Å². The number of hydrogen-bond acceptors (Lipinski definition) is 5. The molecule has 0 bridgehead atoms. The van der Waals surface area contributed by atoms with Crippen molar-refractivity contribution in [3.05, 3.63) is 53.8 Å². The van der Waals surface area contributed by atoms with Gasteiger partial charge in [-0.05, 0) is 37.6 Å². The first-order valence-corrected chi connectivity index (χ1v) is 8.56. The molecule has 0 fully saturated rings. The van der Waals surface area contributed by atoms with Gasteiger partial charge in [-0.1, -0.05) is 19.9 Å². The molecule has 2 heterocycles. The Bertz CT molecular complexity index is 905. The quantitative estimate of drug-likeness (QED) is 0.597. The van der Waals surface area contributed by atoms with Gasteiger partial charge < -0.3 is 14.1 Å². The van der Waals surface area contributed by atoms with Gasteiger partial charge in [0.1, 0.15) is 17.1 Å². The summed E-state index contributed by atoms with van der Waals surface area (Å²) in [6, 6.07) is 6.56. The Balaban J connectivity index is 0.00000117. The summed E-state index contributed by atoms with van der Waals surface area (Å²) in [6.45, 7) is 7.75. The Morgan fingerprint density at radius 3 is 2.69 bits per heavy atom. The average molecular weight is 358 g/mol. The van der Waals surface area contributed by atoms with E-state index in [1.807, 2.05) is 20.8 Å². The van der Waals surface area contributed by atoms with E-state index < -0.39 is 5.97 Å². The molecule has 0 saturated carbocycles. The van der Waals surface area contributed by atoms with Crippen LogP contribution in [0.4, 0.5) is 15.8 Å². The molecule has 2 aromatic heterocycles. The van der Waals surface area contributed by atoms with Crippen LogP contribution in [0.5, 0.6) is 0 Å². The van der Waals surface area contributed by atoms with Crippen molar-refractivity contribution in [3.8, 4) is 0 Å². The Morgan fingerprint density at radius 1 is 1.31 bits per heavy atom. The molecule has 0 aliphatic heterocycles. The predicted molar refractivity (Wildman–Crippen MR) is 101 cm³/mol. The molecule has 6 heteroatoms. The van der Waals surface area contributed by atoms with E-state index in [9.17, 15) is 9.18 Å². The number of esters is 1. The maximum Gasteiger partial charge on any atom is 0.376 e. The minimum absolute atomic E-state index is 0.0299. The molecular formula is C20H23FN2O3. The molecular weight excluding hydrogens is 335 g/mol. The van der Waals surface area contributed by atoms with Crippen LogP contribution >= 0.6 is 0 Å². The van der Waals surface area contributed by atoms with Gasteiger partial charge in [0.15, 0.2) is 0 Å². The van der Waals surface area contributed by atoms with E-state index in [1.54, 1.807) is 49.5 Å². The first-order chi connectivity index (χ1) is 12.5. The van der Waals surface area contributed by atoms with Crippen molar-refractivity contribution in [3.63, 3.8) is 0 Å². The molecule has 3 rings (SSSR count). The number of hydrogen-bond donors (Lipinski definition) is 0. The highest BCUT2D eigenvalue weighted by Crippen LogP contribution is 2.38. The number of pyridine rings is 1. The second kappa shape index (κ2) is 8.47. The van der Waals surface area contributed by atoms with Crippen LogP contribution in [0.25, 0.3) is 11.0 Å². The summed E-state index contributed by atoms with van der Waals surface area (Å²) in [5.41, 5.74) is 2.06. The normalized spacial score (nSPS) is 10.2. The lowest BCUT2D eigenvalue weighted by molar-refractivity contribution is 0.0494. The van der Waals surface area contributed by atoms with Crippen LogP contribution in [-0.4, -0.2) is 24.6 Å². The summed E-state index contributed by atoms with van der Waals surface area (Å²) in [7, 11) is 1.67. The van der Waals surface area contributed by atoms with Crippen LogP contribution in [0.15, 0.2) is 41.1 Å². The largest absolute Gasteiger partial charge is 0.460 e. The number of benzene rings is 1. The van der Waals surface area contributed by atoms with Gasteiger partial charge in [0.25, 0.3) is 0 Å². The van der Waals surface area contributed by atoms with Gasteiger partial charge >= 0.3 is 5.97 Å². The number of nitrogens with zero attached hydrogens (tertiary/aromatic N) is 2. The van der Waals surface area contributed by atoms with E-state index in [4.69, 9.17) is 9.15 Å². The number of aromatic nitrogens is 1. The number of anilines is 2. The van der Waals surface area contributed by atoms with Crippen molar-refractivity contribution in [2.45, 2.75) is 27.7 Å². The van der Waals surface area contributed by atoms with Gasteiger partial charge in [-0.2, -0.15) is 0 Å². The Morgan fingerprint density at radius 2 is 2.04 bits per heavy atom. The molecule has 0 N–H and O–H groups in total. The van der Waals surface area contributed by atoms with Gasteiger partial charge in [0, 0.05) is 19.4 Å². The molecule has 0 aliphatic carbocycles. The molecule has 0 aliphatic rings. The fourth-order valence-corrected chi connectivity index (χ4v) is 2.60. The second-order valence-electron chi connectivity index (χ2n) is 5.39. The van der Waals surface area contributed by atoms with Crippen molar-refractivity contribution in [2.75, 3.05) is 18.6 Å². The van der Waals surface area contributed by atoms with Crippen LogP contribution in [0.2, 0.25) is 0 Å². The molecule has 0 amide bonds. The van der Waals surface area contributed by atoms with Crippen molar-refractivity contribution < 1.29 is 18.3 Å². The number of carbonyl (C=O) groups is 1. The van der Waals surface area contributed by atoms with Crippen molar-refractivity contribution >= 4 is 28.3 Å². The Labute approximate surface area is 152 Å². The summed E-state index contributed by atoms with van der Waals surface area (Å²) < 4.78 is 25.1. The van der Waals surface area contributed by atoms with Crippen molar-refractivity contribution in [2.24, 2.45) is 0 Å². The van der Waals surface area contributed by atoms with Crippen molar-refractivity contribution in [1.82, 2.24) is 4.98 Å². The number of aryl methyl sites for hydroxylation is 1. The third kappa shape index (κ3) is 3.69. The third-order valence-electron chi connectivity index (χ3n) is 3.72. The number of rotatable bonds is 4. The molecule has 3 aromatic rings. The van der Waals surface area contributed by atoms with Crippen molar-refractivity contribution in [1.29, 1.82) is 0 Å². The number of ether oxygens (including phenoxy) is 1. The van der Waals surface area contributed by atoms with Gasteiger partial charge in [0.2, 0.25) is 5.76 Å². The number of fused-ring (bicyclic) bond motifs is 1. The highest BCUT2D eigenvalue weighted by molar-refractivity contribution is 6.05. The summed E-state index contributed by atoms with van der Waals surface area (Å²) in [6.07, 6.45) is 3.15. The predicted octanol–water partition coefficient (Wildman–Crippen LogP) is 5.25. The highest BCUT2D eigenvalue weighted by Gasteiger charge is 2.26. The zero-order chi connectivity index (χ0) is 19.3. The van der Waals surface area contributed by atoms with E-state index >= 15 is 0 Å². The van der Waals surface area contributed by atoms with Gasteiger partial charge in [-0.15, -0.1) is 0 Å². The molecule has 0 saturated heterocycles. The summed E-state index contributed by atoms with van der Waals surface area (Å²) >= 11 is 0. The van der Waals surface area contributed by atoms with Crippen LogP contribution in [0, 0.1) is 12.7 Å². The molecule has 0 atom stereocenters. The molecule has 5 nitrogen and oxygen atoms in total. The molecule has 0 spiro atoms. The molecule has 0 unspecified atom stereocenters. The molecule has 0 radical (unpaired) electrons. The maximum atomic E-state index is 14.4. The fourth-order valence-electron chi connectivity index (χ4n) is 2.60. The standard InChI is InChI=1S/C18H17FN2O3.C2H6/c1-4-23-18(22)17-16(12-10-20-8-7-15(12)24-17)21(3)14-6-5-11(2)9-13(14)19;1-2/h5-10H,4H2,1-3H3;1-2H3. The number of carbonyl (C=O) groups excluding carboxylic acids is 1. The monoisotopic (exact) mass is 358 g/mol. The lowest BCUT2D eigenvalue weighted by Crippen LogP contribution is -2.15. The smallest absolute Gasteiger partial charge is 0.376 e. The van der Waals surface area contributed by atoms with E-state index in [0.29, 0.717) is 22.3 Å². The topological polar surface area (TPSA) is 55.6 Å². The molecule has 1 aromatic carbocycles. The van der Waals surface area contributed by atoms with Crippen LogP contribution in [-0.2, 0) is 4.74 Å².